The first kappa shape index (κ1) is 12.1. The van der Waals surface area contributed by atoms with E-state index in [0.29, 0.717) is 6.54 Å². The lowest BCUT2D eigenvalue weighted by molar-refractivity contribution is -0.149. The van der Waals surface area contributed by atoms with Crippen LogP contribution in [0.1, 0.15) is 37.0 Å². The minimum atomic E-state index is -0.159. The topological polar surface area (TPSA) is 38.3 Å². The number of fused-ring (bicyclic) bond motifs is 1. The molecule has 0 aliphatic heterocycles. The van der Waals surface area contributed by atoms with E-state index in [-0.39, 0.29) is 12.1 Å². The summed E-state index contributed by atoms with van der Waals surface area (Å²) >= 11 is 0. The second-order valence-electron chi connectivity index (χ2n) is 4.35. The standard InChI is InChI=1S/C14H19NO2/c1-2-15-10-14(16)17-13-9-5-7-11-6-3-4-8-12(11)13/h3-4,6,8,13,15H,2,5,7,9-10H2,1H3. The zero-order valence-electron chi connectivity index (χ0n) is 10.2. The van der Waals surface area contributed by atoms with Crippen LogP contribution in [0.5, 0.6) is 0 Å². The Hall–Kier alpha value is -1.35. The Labute approximate surface area is 102 Å². The second-order valence-corrected chi connectivity index (χ2v) is 4.35. The predicted octanol–water partition coefficient (Wildman–Crippen LogP) is 2.22. The molecular formula is C14H19NO2. The second kappa shape index (κ2) is 5.82. The molecule has 2 rings (SSSR count). The maximum absolute atomic E-state index is 11.6. The van der Waals surface area contributed by atoms with Gasteiger partial charge in [0.05, 0.1) is 6.54 Å². The van der Waals surface area contributed by atoms with Crippen LogP contribution in [0.15, 0.2) is 24.3 Å². The van der Waals surface area contributed by atoms with Gasteiger partial charge in [0, 0.05) is 0 Å². The summed E-state index contributed by atoms with van der Waals surface area (Å²) in [6.07, 6.45) is 3.08. The molecule has 1 unspecified atom stereocenters. The quantitative estimate of drug-likeness (QED) is 0.810. The van der Waals surface area contributed by atoms with E-state index in [4.69, 9.17) is 4.74 Å². The van der Waals surface area contributed by atoms with Gasteiger partial charge in [0.25, 0.3) is 0 Å². The molecule has 17 heavy (non-hydrogen) atoms. The molecule has 3 nitrogen and oxygen atoms in total. The first-order valence-electron chi connectivity index (χ1n) is 6.29. The SMILES string of the molecule is CCNCC(=O)OC1CCCc2ccccc21. The van der Waals surface area contributed by atoms with E-state index in [0.717, 1.165) is 25.8 Å². The van der Waals surface area contributed by atoms with Gasteiger partial charge in [0.1, 0.15) is 6.10 Å². The van der Waals surface area contributed by atoms with Gasteiger partial charge in [-0.2, -0.15) is 0 Å². The van der Waals surface area contributed by atoms with Crippen molar-refractivity contribution in [3.63, 3.8) is 0 Å². The minimum Gasteiger partial charge on any atom is -0.457 e. The van der Waals surface area contributed by atoms with E-state index in [9.17, 15) is 4.79 Å². The van der Waals surface area contributed by atoms with Crippen molar-refractivity contribution in [2.75, 3.05) is 13.1 Å². The molecule has 1 aromatic carbocycles. The van der Waals surface area contributed by atoms with Crippen LogP contribution >= 0.6 is 0 Å². The first-order chi connectivity index (χ1) is 8.31. The Balaban J connectivity index is 2.01. The van der Waals surface area contributed by atoms with Gasteiger partial charge in [0.2, 0.25) is 0 Å². The summed E-state index contributed by atoms with van der Waals surface area (Å²) in [5.74, 6) is -0.159. The van der Waals surface area contributed by atoms with E-state index in [1.807, 2.05) is 19.1 Å². The Kier molecular flexibility index (Phi) is 4.15. The van der Waals surface area contributed by atoms with Crippen molar-refractivity contribution in [1.82, 2.24) is 5.32 Å². The first-order valence-corrected chi connectivity index (χ1v) is 6.29. The van der Waals surface area contributed by atoms with Gasteiger partial charge in [-0.1, -0.05) is 31.2 Å². The molecule has 92 valence electrons. The minimum absolute atomic E-state index is 0.0499. The summed E-state index contributed by atoms with van der Waals surface area (Å²) in [5, 5.41) is 2.99. The lowest BCUT2D eigenvalue weighted by atomic mass is 9.89. The van der Waals surface area contributed by atoms with Crippen molar-refractivity contribution in [3.8, 4) is 0 Å². The highest BCUT2D eigenvalue weighted by molar-refractivity contribution is 5.72. The molecule has 0 fully saturated rings. The Bertz CT molecular complexity index is 390. The van der Waals surface area contributed by atoms with Crippen LogP contribution < -0.4 is 5.32 Å². The average Bonchev–Trinajstić information content (AvgIpc) is 2.37. The molecule has 0 amide bonds. The van der Waals surface area contributed by atoms with Gasteiger partial charge in [-0.05, 0) is 36.9 Å². The molecule has 0 saturated carbocycles. The van der Waals surface area contributed by atoms with E-state index < -0.39 is 0 Å². The fraction of sp³-hybridized carbons (Fsp3) is 0.500. The van der Waals surface area contributed by atoms with Crippen molar-refractivity contribution in [1.29, 1.82) is 0 Å². The highest BCUT2D eigenvalue weighted by atomic mass is 16.5. The highest BCUT2D eigenvalue weighted by Gasteiger charge is 2.22. The number of rotatable bonds is 4. The maximum Gasteiger partial charge on any atom is 0.320 e. The van der Waals surface area contributed by atoms with Crippen molar-refractivity contribution < 1.29 is 9.53 Å². The van der Waals surface area contributed by atoms with Crippen LogP contribution in [0.2, 0.25) is 0 Å². The monoisotopic (exact) mass is 233 g/mol. The number of likely N-dealkylation sites (N-methyl/N-ethyl adjacent to an activating group) is 1. The largest absolute Gasteiger partial charge is 0.457 e. The molecule has 1 atom stereocenters. The average molecular weight is 233 g/mol. The molecule has 1 N–H and O–H groups in total. The summed E-state index contributed by atoms with van der Waals surface area (Å²) in [4.78, 5) is 11.6. The van der Waals surface area contributed by atoms with E-state index in [1.165, 1.54) is 11.1 Å². The molecule has 0 spiro atoms. The Morgan fingerprint density at radius 2 is 2.29 bits per heavy atom. The molecule has 1 aromatic rings. The summed E-state index contributed by atoms with van der Waals surface area (Å²) in [6.45, 7) is 3.06. The highest BCUT2D eigenvalue weighted by Crippen LogP contribution is 2.32. The third-order valence-electron chi connectivity index (χ3n) is 3.11. The number of aryl methyl sites for hydroxylation is 1. The number of benzene rings is 1. The van der Waals surface area contributed by atoms with E-state index >= 15 is 0 Å². The fourth-order valence-corrected chi connectivity index (χ4v) is 2.26. The zero-order chi connectivity index (χ0) is 12.1. The molecule has 1 aliphatic carbocycles. The number of nitrogens with one attached hydrogen (secondary N) is 1. The van der Waals surface area contributed by atoms with Crippen LogP contribution in [-0.2, 0) is 16.0 Å². The van der Waals surface area contributed by atoms with Gasteiger partial charge in [-0.25, -0.2) is 0 Å². The van der Waals surface area contributed by atoms with Crippen molar-refractivity contribution in [3.05, 3.63) is 35.4 Å². The molecular weight excluding hydrogens is 214 g/mol. The maximum atomic E-state index is 11.6. The van der Waals surface area contributed by atoms with Crippen LogP contribution in [0.25, 0.3) is 0 Å². The Morgan fingerprint density at radius 1 is 1.47 bits per heavy atom. The normalized spacial score (nSPS) is 18.5. The molecule has 3 heteroatoms. The predicted molar refractivity (Wildman–Crippen MR) is 66.8 cm³/mol. The van der Waals surface area contributed by atoms with E-state index in [2.05, 4.69) is 17.4 Å². The van der Waals surface area contributed by atoms with Crippen molar-refractivity contribution >= 4 is 5.97 Å². The number of carbonyl (C=O) groups is 1. The van der Waals surface area contributed by atoms with Crippen molar-refractivity contribution in [2.24, 2.45) is 0 Å². The van der Waals surface area contributed by atoms with Gasteiger partial charge in [-0.3, -0.25) is 4.79 Å². The number of hydrogen-bond acceptors (Lipinski definition) is 3. The molecule has 0 heterocycles. The summed E-state index contributed by atoms with van der Waals surface area (Å²) in [5.41, 5.74) is 2.50. The van der Waals surface area contributed by atoms with Crippen LogP contribution in [-0.4, -0.2) is 19.1 Å². The third kappa shape index (κ3) is 3.07. The molecule has 0 bridgehead atoms. The fourth-order valence-electron chi connectivity index (χ4n) is 2.26. The zero-order valence-corrected chi connectivity index (χ0v) is 10.2. The molecule has 0 aromatic heterocycles. The smallest absolute Gasteiger partial charge is 0.320 e. The van der Waals surface area contributed by atoms with Gasteiger partial charge in [0.15, 0.2) is 0 Å². The summed E-state index contributed by atoms with van der Waals surface area (Å²) in [6, 6.07) is 8.25. The molecule has 0 radical (unpaired) electrons. The molecule has 0 saturated heterocycles. The van der Waals surface area contributed by atoms with Crippen molar-refractivity contribution in [2.45, 2.75) is 32.3 Å². The number of carbonyl (C=O) groups excluding carboxylic acids is 1. The number of ether oxygens (including phenoxy) is 1. The van der Waals surface area contributed by atoms with Gasteiger partial charge < -0.3 is 10.1 Å². The van der Waals surface area contributed by atoms with Crippen LogP contribution in [0, 0.1) is 0 Å². The van der Waals surface area contributed by atoms with E-state index in [1.54, 1.807) is 0 Å². The lowest BCUT2D eigenvalue weighted by Crippen LogP contribution is -2.26. The summed E-state index contributed by atoms with van der Waals surface area (Å²) < 4.78 is 5.52. The molecule has 1 aliphatic rings. The number of esters is 1. The summed E-state index contributed by atoms with van der Waals surface area (Å²) in [7, 11) is 0. The number of hydrogen-bond donors (Lipinski definition) is 1. The van der Waals surface area contributed by atoms with Crippen LogP contribution in [0.4, 0.5) is 0 Å². The van der Waals surface area contributed by atoms with Gasteiger partial charge in [-0.15, -0.1) is 0 Å². The Morgan fingerprint density at radius 3 is 3.12 bits per heavy atom. The van der Waals surface area contributed by atoms with Crippen LogP contribution in [0.3, 0.4) is 0 Å². The van der Waals surface area contributed by atoms with Gasteiger partial charge >= 0.3 is 5.97 Å². The lowest BCUT2D eigenvalue weighted by Gasteiger charge is -2.25. The third-order valence-corrected chi connectivity index (χ3v) is 3.11.